The lowest BCUT2D eigenvalue weighted by Gasteiger charge is -2.26. The average molecular weight is 1000 g/mol. The molecule has 0 aromatic carbocycles. The molecule has 1 N–H and O–H groups in total. The van der Waals surface area contributed by atoms with E-state index in [2.05, 4.69) is 30.6 Å². The van der Waals surface area contributed by atoms with Gasteiger partial charge in [-0.15, -0.1) is 0 Å². The third kappa shape index (κ3) is 53.0. The van der Waals surface area contributed by atoms with Gasteiger partial charge >= 0.3 is 24.4 Å². The molecule has 0 amide bonds. The summed E-state index contributed by atoms with van der Waals surface area (Å²) in [6.07, 6.45) is 39.7. The molecule has 0 aromatic rings. The molecule has 0 spiro atoms. The molecule has 0 unspecified atom stereocenters. The fraction of sp³-hybridized carbons (Fsp3) is 0.930. The zero-order chi connectivity index (χ0) is 51.1. The minimum absolute atomic E-state index is 0.125. The van der Waals surface area contributed by atoms with E-state index >= 15 is 0 Å². The van der Waals surface area contributed by atoms with Crippen molar-refractivity contribution in [3.8, 4) is 0 Å². The Labute approximate surface area is 429 Å². The van der Waals surface area contributed by atoms with Crippen molar-refractivity contribution in [3.05, 3.63) is 0 Å². The smallest absolute Gasteiger partial charge is 0.481 e. The van der Waals surface area contributed by atoms with Crippen LogP contribution in [-0.4, -0.2) is 118 Å². The summed E-state index contributed by atoms with van der Waals surface area (Å²) in [7, 11) is 0. The summed E-state index contributed by atoms with van der Waals surface area (Å²) in [5.41, 5.74) is 0. The fourth-order valence-corrected chi connectivity index (χ4v) is 8.58. The van der Waals surface area contributed by atoms with Crippen molar-refractivity contribution < 1.29 is 52.7 Å². The van der Waals surface area contributed by atoms with Crippen LogP contribution >= 0.6 is 0 Å². The predicted molar refractivity (Wildman–Crippen MR) is 285 cm³/mol. The van der Waals surface area contributed by atoms with Gasteiger partial charge in [-0.25, -0.2) is 14.4 Å². The van der Waals surface area contributed by atoms with Crippen molar-refractivity contribution in [2.24, 2.45) is 0 Å². The van der Waals surface area contributed by atoms with Crippen LogP contribution in [0.25, 0.3) is 0 Å². The number of ether oxygens (including phenoxy) is 6. The molecule has 0 radical (unpaired) electrons. The van der Waals surface area contributed by atoms with Gasteiger partial charge in [0, 0.05) is 6.54 Å². The number of unbranched alkanes of at least 4 members (excludes halogenated alkanes) is 30. The van der Waals surface area contributed by atoms with Crippen LogP contribution in [-0.2, 0) is 33.2 Å². The molecule has 0 bridgehead atoms. The lowest BCUT2D eigenvalue weighted by Crippen LogP contribution is -2.33. The lowest BCUT2D eigenvalue weighted by molar-refractivity contribution is -0.137. The maximum absolute atomic E-state index is 12.0. The molecular formula is C57H110N2O11. The zero-order valence-corrected chi connectivity index (χ0v) is 45.8. The van der Waals surface area contributed by atoms with Crippen LogP contribution in [0.4, 0.5) is 14.4 Å². The van der Waals surface area contributed by atoms with E-state index < -0.39 is 24.4 Å². The highest BCUT2D eigenvalue weighted by molar-refractivity contribution is 5.66. The molecule has 0 saturated carbocycles. The van der Waals surface area contributed by atoms with Crippen molar-refractivity contribution >= 4 is 24.4 Å². The maximum Gasteiger partial charge on any atom is 0.508 e. The third-order valence-corrected chi connectivity index (χ3v) is 13.0. The van der Waals surface area contributed by atoms with Crippen LogP contribution in [0.15, 0.2) is 0 Å². The monoisotopic (exact) mass is 999 g/mol. The van der Waals surface area contributed by atoms with Gasteiger partial charge in [0.1, 0.15) is 0 Å². The number of hydrogen-bond donors (Lipinski definition) is 1. The Kier molecular flexibility index (Phi) is 53.3. The van der Waals surface area contributed by atoms with Gasteiger partial charge in [0.05, 0.1) is 46.1 Å². The number of carboxylic acid groups (broad SMARTS) is 1. The molecule has 414 valence electrons. The second kappa shape index (κ2) is 55.5. The van der Waals surface area contributed by atoms with Gasteiger partial charge in [-0.1, -0.05) is 194 Å². The van der Waals surface area contributed by atoms with E-state index in [1.54, 1.807) is 0 Å². The van der Waals surface area contributed by atoms with E-state index in [4.69, 9.17) is 28.4 Å². The number of nitrogens with zero attached hydrogens (tertiary/aromatic N) is 2. The average Bonchev–Trinajstić information content (AvgIpc) is 3.34. The number of carbonyl (C=O) groups is 4. The molecule has 13 heteroatoms. The summed E-state index contributed by atoms with van der Waals surface area (Å²) in [6.45, 7) is 14.2. The molecular weight excluding hydrogens is 889 g/mol. The first kappa shape index (κ1) is 67.2. The quantitative estimate of drug-likeness (QED) is 0.0350. The van der Waals surface area contributed by atoms with Crippen LogP contribution in [0.5, 0.6) is 0 Å². The van der Waals surface area contributed by atoms with E-state index in [9.17, 15) is 24.3 Å². The fourth-order valence-electron chi connectivity index (χ4n) is 8.58. The molecule has 0 aliphatic rings. The van der Waals surface area contributed by atoms with Crippen LogP contribution in [0.3, 0.4) is 0 Å². The van der Waals surface area contributed by atoms with Gasteiger partial charge in [0.2, 0.25) is 0 Å². The molecule has 0 fully saturated rings. The van der Waals surface area contributed by atoms with Crippen LogP contribution < -0.4 is 0 Å². The molecule has 0 heterocycles. The van der Waals surface area contributed by atoms with Crippen molar-refractivity contribution in [1.82, 2.24) is 9.80 Å². The second-order valence-corrected chi connectivity index (χ2v) is 19.7. The topological polar surface area (TPSA) is 150 Å². The first-order valence-corrected chi connectivity index (χ1v) is 29.4. The number of carbonyl (C=O) groups excluding carboxylic acids is 3. The van der Waals surface area contributed by atoms with Crippen LogP contribution in [0.1, 0.15) is 265 Å². The molecule has 13 nitrogen and oxygen atoms in total. The zero-order valence-electron chi connectivity index (χ0n) is 45.8. The number of carboxylic acids is 1. The van der Waals surface area contributed by atoms with Gasteiger partial charge in [-0.05, 0) is 96.9 Å². The highest BCUT2D eigenvalue weighted by Crippen LogP contribution is 2.13. The van der Waals surface area contributed by atoms with E-state index in [0.717, 1.165) is 155 Å². The first-order valence-electron chi connectivity index (χ1n) is 29.4. The van der Waals surface area contributed by atoms with E-state index in [-0.39, 0.29) is 6.42 Å². The second-order valence-electron chi connectivity index (χ2n) is 19.7. The van der Waals surface area contributed by atoms with Crippen LogP contribution in [0.2, 0.25) is 0 Å². The Morgan fingerprint density at radius 3 is 0.714 bits per heavy atom. The van der Waals surface area contributed by atoms with Gasteiger partial charge in [0.15, 0.2) is 0 Å². The Morgan fingerprint density at radius 2 is 0.471 bits per heavy atom. The van der Waals surface area contributed by atoms with Gasteiger partial charge in [-0.3, -0.25) is 4.79 Å². The Bertz CT molecular complexity index is 1100. The summed E-state index contributed by atoms with van der Waals surface area (Å²) in [5.74, 6) is -0.778. The van der Waals surface area contributed by atoms with Crippen LogP contribution in [0, 0.1) is 0 Å². The predicted octanol–water partition coefficient (Wildman–Crippen LogP) is 16.0. The molecule has 0 aliphatic carbocycles. The van der Waals surface area contributed by atoms with Gasteiger partial charge in [0.25, 0.3) is 0 Å². The Hall–Kier alpha value is -2.80. The highest BCUT2D eigenvalue weighted by Gasteiger charge is 2.12. The Morgan fingerprint density at radius 1 is 0.271 bits per heavy atom. The molecule has 70 heavy (non-hydrogen) atoms. The molecule has 0 saturated heterocycles. The molecule has 0 aliphatic heterocycles. The summed E-state index contributed by atoms with van der Waals surface area (Å²) in [4.78, 5) is 52.4. The van der Waals surface area contributed by atoms with Gasteiger partial charge in [-0.2, -0.15) is 0 Å². The lowest BCUT2D eigenvalue weighted by atomic mass is 10.1. The largest absolute Gasteiger partial charge is 0.508 e. The van der Waals surface area contributed by atoms with Gasteiger partial charge < -0.3 is 43.3 Å². The van der Waals surface area contributed by atoms with E-state index in [1.807, 2.05) is 0 Å². The number of rotatable bonds is 55. The standard InChI is InChI=1S/C57H110N2O11/c1-4-7-10-13-16-19-25-34-48-65-55(62)68-51-37-28-22-31-42-58(43-32-23-29-38-52-69-56(63)66-49-35-26-20-17-14-11-8-5-2)45-40-46-59(47-41-54(60)61)44-33-24-30-39-53-70-57(64)67-50-36-27-21-18-15-12-9-6-3/h4-53H2,1-3H3,(H,60,61). The normalized spacial score (nSPS) is 11.3. The highest BCUT2D eigenvalue weighted by atomic mass is 16.7. The summed E-state index contributed by atoms with van der Waals surface area (Å²) >= 11 is 0. The maximum atomic E-state index is 12.0. The number of hydrogen-bond acceptors (Lipinski definition) is 12. The Balaban J connectivity index is 4.60. The summed E-state index contributed by atoms with van der Waals surface area (Å²) in [6, 6.07) is 0. The minimum atomic E-state index is -0.778. The summed E-state index contributed by atoms with van der Waals surface area (Å²) in [5, 5.41) is 9.45. The first-order chi connectivity index (χ1) is 34.3. The third-order valence-electron chi connectivity index (χ3n) is 13.0. The SMILES string of the molecule is CCCCCCCCCCOC(=O)OCCCCCCN(CCCCCCOC(=O)OCCCCCCCCCC)CCCN(CCCCCCOC(=O)OCCCCCCCCCC)CCC(=O)O. The number of aliphatic carboxylic acids is 1. The molecule has 0 aromatic heterocycles. The molecule has 0 atom stereocenters. The molecule has 0 rings (SSSR count). The minimum Gasteiger partial charge on any atom is -0.481 e. The van der Waals surface area contributed by atoms with Crippen molar-refractivity contribution in [2.45, 2.75) is 265 Å². The van der Waals surface area contributed by atoms with E-state index in [1.165, 1.54) is 116 Å². The van der Waals surface area contributed by atoms with Crippen molar-refractivity contribution in [1.29, 1.82) is 0 Å². The van der Waals surface area contributed by atoms with Crippen molar-refractivity contribution in [3.63, 3.8) is 0 Å². The van der Waals surface area contributed by atoms with Crippen molar-refractivity contribution in [2.75, 3.05) is 78.9 Å². The summed E-state index contributed by atoms with van der Waals surface area (Å²) < 4.78 is 31.7. The van der Waals surface area contributed by atoms with E-state index in [0.29, 0.717) is 46.2 Å².